The van der Waals surface area contributed by atoms with Gasteiger partial charge in [0.05, 0.1) is 37.9 Å². The van der Waals surface area contributed by atoms with Crippen molar-refractivity contribution < 1.29 is 22.1 Å². The summed E-state index contributed by atoms with van der Waals surface area (Å²) in [5.41, 5.74) is 0.996. The molecule has 0 spiro atoms. The van der Waals surface area contributed by atoms with Gasteiger partial charge in [-0.3, -0.25) is 4.18 Å². The maximum absolute atomic E-state index is 11.8. The summed E-state index contributed by atoms with van der Waals surface area (Å²) in [6.07, 6.45) is 0. The molecule has 0 bridgehead atoms. The van der Waals surface area contributed by atoms with Gasteiger partial charge in [0, 0.05) is 6.54 Å². The van der Waals surface area contributed by atoms with Crippen molar-refractivity contribution in [3.8, 4) is 0 Å². The smallest absolute Gasteiger partial charge is 0.297 e. The minimum Gasteiger partial charge on any atom is -0.378 e. The van der Waals surface area contributed by atoms with Gasteiger partial charge in [0.15, 0.2) is 0 Å². The van der Waals surface area contributed by atoms with Crippen LogP contribution in [0.3, 0.4) is 0 Å². The van der Waals surface area contributed by atoms with Gasteiger partial charge in [-0.25, -0.2) is 0 Å². The summed E-state index contributed by atoms with van der Waals surface area (Å²) >= 11 is 0. The standard InChI is InChI=1S/C14H23NO5S/c1-13-3-5-14(6-4-13)21(16,17)20-12-11-19-10-9-18-8-7-15-2/h3-6,15H,7-12H2,1-2H3. The fourth-order valence-electron chi connectivity index (χ4n) is 1.47. The van der Waals surface area contributed by atoms with Gasteiger partial charge in [0.1, 0.15) is 0 Å². The van der Waals surface area contributed by atoms with E-state index < -0.39 is 10.1 Å². The first-order valence-corrected chi connectivity index (χ1v) is 8.23. The number of nitrogens with one attached hydrogen (secondary N) is 1. The summed E-state index contributed by atoms with van der Waals surface area (Å²) in [6.45, 7) is 4.40. The lowest BCUT2D eigenvalue weighted by molar-refractivity contribution is 0.0384. The molecule has 1 aromatic rings. The molecule has 0 aliphatic rings. The SMILES string of the molecule is CNCCOCCOCCOS(=O)(=O)c1ccc(C)cc1. The lowest BCUT2D eigenvalue weighted by Gasteiger charge is -2.07. The van der Waals surface area contributed by atoms with Crippen LogP contribution in [0.4, 0.5) is 0 Å². The number of hydrogen-bond donors (Lipinski definition) is 1. The van der Waals surface area contributed by atoms with Crippen molar-refractivity contribution in [1.29, 1.82) is 0 Å². The van der Waals surface area contributed by atoms with Crippen molar-refractivity contribution in [2.24, 2.45) is 0 Å². The Kier molecular flexibility index (Phi) is 8.48. The van der Waals surface area contributed by atoms with Crippen LogP contribution in [0.15, 0.2) is 29.2 Å². The summed E-state index contributed by atoms with van der Waals surface area (Å²) in [6, 6.07) is 6.52. The van der Waals surface area contributed by atoms with Gasteiger partial charge in [-0.2, -0.15) is 8.42 Å². The number of hydrogen-bond acceptors (Lipinski definition) is 6. The topological polar surface area (TPSA) is 73.9 Å². The second-order valence-corrected chi connectivity index (χ2v) is 6.03. The predicted octanol–water partition coefficient (Wildman–Crippen LogP) is 0.953. The number of rotatable bonds is 11. The third kappa shape index (κ3) is 7.54. The molecular formula is C14H23NO5S. The number of benzene rings is 1. The highest BCUT2D eigenvalue weighted by atomic mass is 32.2. The summed E-state index contributed by atoms with van der Waals surface area (Å²) in [7, 11) is -1.85. The molecule has 6 nitrogen and oxygen atoms in total. The van der Waals surface area contributed by atoms with Crippen LogP contribution in [0, 0.1) is 6.92 Å². The highest BCUT2D eigenvalue weighted by Crippen LogP contribution is 2.12. The molecule has 0 aliphatic carbocycles. The summed E-state index contributed by atoms with van der Waals surface area (Å²) < 4.78 is 39.1. The molecule has 0 unspecified atom stereocenters. The maximum Gasteiger partial charge on any atom is 0.297 e. The van der Waals surface area contributed by atoms with E-state index in [0.717, 1.165) is 12.1 Å². The number of ether oxygens (including phenoxy) is 2. The Morgan fingerprint density at radius 1 is 0.952 bits per heavy atom. The first kappa shape index (κ1) is 18.1. The molecular weight excluding hydrogens is 294 g/mol. The third-order valence-corrected chi connectivity index (χ3v) is 3.97. The second-order valence-electron chi connectivity index (χ2n) is 4.42. The van der Waals surface area contributed by atoms with E-state index in [-0.39, 0.29) is 18.1 Å². The van der Waals surface area contributed by atoms with Gasteiger partial charge in [-0.15, -0.1) is 0 Å². The molecule has 0 saturated heterocycles. The Morgan fingerprint density at radius 3 is 2.14 bits per heavy atom. The molecule has 0 atom stereocenters. The molecule has 0 amide bonds. The average molecular weight is 317 g/mol. The van der Waals surface area contributed by atoms with Crippen molar-refractivity contribution in [1.82, 2.24) is 5.32 Å². The Balaban J connectivity index is 2.15. The van der Waals surface area contributed by atoms with Gasteiger partial charge >= 0.3 is 0 Å². The third-order valence-electron chi connectivity index (χ3n) is 2.64. The Morgan fingerprint density at radius 2 is 1.52 bits per heavy atom. The number of likely N-dealkylation sites (N-methyl/N-ethyl adjacent to an activating group) is 1. The van der Waals surface area contributed by atoms with Gasteiger partial charge < -0.3 is 14.8 Å². The Labute approximate surface area is 126 Å². The Bertz CT molecular complexity index is 487. The zero-order valence-corrected chi connectivity index (χ0v) is 13.3. The van der Waals surface area contributed by atoms with Crippen molar-refractivity contribution in [2.45, 2.75) is 11.8 Å². The normalized spacial score (nSPS) is 11.7. The first-order chi connectivity index (χ1) is 10.1. The van der Waals surface area contributed by atoms with E-state index in [9.17, 15) is 8.42 Å². The fourth-order valence-corrected chi connectivity index (χ4v) is 2.36. The molecule has 0 heterocycles. The zero-order valence-electron chi connectivity index (χ0n) is 12.5. The van der Waals surface area contributed by atoms with E-state index in [1.807, 2.05) is 14.0 Å². The van der Waals surface area contributed by atoms with Gasteiger partial charge in [-0.1, -0.05) is 17.7 Å². The zero-order chi connectivity index (χ0) is 15.6. The monoisotopic (exact) mass is 317 g/mol. The van der Waals surface area contributed by atoms with Crippen LogP contribution in [0.2, 0.25) is 0 Å². The first-order valence-electron chi connectivity index (χ1n) is 6.82. The molecule has 120 valence electrons. The van der Waals surface area contributed by atoms with Crippen LogP contribution >= 0.6 is 0 Å². The summed E-state index contributed by atoms with van der Waals surface area (Å²) in [5, 5.41) is 2.96. The predicted molar refractivity (Wildman–Crippen MR) is 79.9 cm³/mol. The Hall–Kier alpha value is -0.990. The van der Waals surface area contributed by atoms with Crippen LogP contribution in [0.5, 0.6) is 0 Å². The van der Waals surface area contributed by atoms with Gasteiger partial charge in [0.2, 0.25) is 0 Å². The van der Waals surface area contributed by atoms with Gasteiger partial charge in [0.25, 0.3) is 10.1 Å². The van der Waals surface area contributed by atoms with E-state index in [2.05, 4.69) is 5.32 Å². The lowest BCUT2D eigenvalue weighted by atomic mass is 10.2. The average Bonchev–Trinajstić information content (AvgIpc) is 2.46. The minimum absolute atomic E-state index is 0.00722. The van der Waals surface area contributed by atoms with Crippen molar-refractivity contribution >= 4 is 10.1 Å². The maximum atomic E-state index is 11.8. The van der Waals surface area contributed by atoms with Crippen molar-refractivity contribution in [3.05, 3.63) is 29.8 Å². The van der Waals surface area contributed by atoms with Crippen molar-refractivity contribution in [2.75, 3.05) is 46.6 Å². The molecule has 0 saturated carbocycles. The molecule has 1 aromatic carbocycles. The fraction of sp³-hybridized carbons (Fsp3) is 0.571. The summed E-state index contributed by atoms with van der Waals surface area (Å²) in [5.74, 6) is 0. The highest BCUT2D eigenvalue weighted by molar-refractivity contribution is 7.86. The largest absolute Gasteiger partial charge is 0.378 e. The molecule has 7 heteroatoms. The number of aryl methyl sites for hydroxylation is 1. The van der Waals surface area contributed by atoms with E-state index in [0.29, 0.717) is 19.8 Å². The van der Waals surface area contributed by atoms with E-state index in [1.54, 1.807) is 12.1 Å². The molecule has 0 fully saturated rings. The van der Waals surface area contributed by atoms with Crippen LogP contribution in [-0.2, 0) is 23.8 Å². The van der Waals surface area contributed by atoms with Crippen LogP contribution < -0.4 is 5.32 Å². The van der Waals surface area contributed by atoms with Crippen LogP contribution in [0.25, 0.3) is 0 Å². The molecule has 21 heavy (non-hydrogen) atoms. The van der Waals surface area contributed by atoms with Crippen LogP contribution in [-0.4, -0.2) is 55.0 Å². The lowest BCUT2D eigenvalue weighted by Crippen LogP contribution is -2.17. The quantitative estimate of drug-likeness (QED) is 0.484. The minimum atomic E-state index is -3.70. The van der Waals surface area contributed by atoms with E-state index >= 15 is 0 Å². The van der Waals surface area contributed by atoms with Gasteiger partial charge in [-0.05, 0) is 26.1 Å². The molecule has 1 rings (SSSR count). The second kappa shape index (κ2) is 9.86. The molecule has 1 N–H and O–H groups in total. The van der Waals surface area contributed by atoms with Crippen molar-refractivity contribution in [3.63, 3.8) is 0 Å². The molecule has 0 aromatic heterocycles. The highest BCUT2D eigenvalue weighted by Gasteiger charge is 2.14. The van der Waals surface area contributed by atoms with E-state index in [4.69, 9.17) is 13.7 Å². The molecule has 0 radical (unpaired) electrons. The van der Waals surface area contributed by atoms with Crippen LogP contribution in [0.1, 0.15) is 5.56 Å². The molecule has 0 aliphatic heterocycles. The summed E-state index contributed by atoms with van der Waals surface area (Å²) in [4.78, 5) is 0.156. The van der Waals surface area contributed by atoms with E-state index in [1.165, 1.54) is 12.1 Å².